The number of para-hydroxylation sites is 1. The van der Waals surface area contributed by atoms with E-state index in [0.29, 0.717) is 32.5 Å². The summed E-state index contributed by atoms with van der Waals surface area (Å²) in [7, 11) is 0. The smallest absolute Gasteiger partial charge is 0.283 e. The minimum Gasteiger partial charge on any atom is -0.454 e. The van der Waals surface area contributed by atoms with Gasteiger partial charge in [-0.1, -0.05) is 23.5 Å². The molecule has 1 N–H and O–H groups in total. The molecule has 118 valence electrons. The van der Waals surface area contributed by atoms with Gasteiger partial charge < -0.3 is 14.8 Å². The van der Waals surface area contributed by atoms with Crippen molar-refractivity contribution in [1.29, 1.82) is 0 Å². The molecule has 0 amide bonds. The third-order valence-corrected chi connectivity index (χ3v) is 4.55. The highest BCUT2D eigenvalue weighted by molar-refractivity contribution is 7.20. The minimum atomic E-state index is -0.175. The van der Waals surface area contributed by atoms with Gasteiger partial charge in [0.1, 0.15) is 0 Å². The molecule has 8 heteroatoms. The van der Waals surface area contributed by atoms with E-state index in [1.807, 2.05) is 36.4 Å². The molecule has 0 bridgehead atoms. The Labute approximate surface area is 139 Å². The van der Waals surface area contributed by atoms with Crippen LogP contribution in [-0.2, 0) is 0 Å². The average molecular weight is 338 g/mol. The van der Waals surface area contributed by atoms with Crippen LogP contribution >= 0.6 is 11.3 Å². The standard InChI is InChI=1S/C16H10N4O3S/c21-14-10-3-1-2-4-11(10)18-16-20(14)19-15(24-16)17-9-5-6-12-13(7-9)23-8-22-12/h1-7H,8H2,(H,17,19). The van der Waals surface area contributed by atoms with Crippen molar-refractivity contribution in [2.45, 2.75) is 0 Å². The molecule has 0 aliphatic carbocycles. The lowest BCUT2D eigenvalue weighted by molar-refractivity contribution is 0.174. The van der Waals surface area contributed by atoms with Crippen LogP contribution < -0.4 is 20.3 Å². The van der Waals surface area contributed by atoms with E-state index in [4.69, 9.17) is 9.47 Å². The van der Waals surface area contributed by atoms with Crippen LogP contribution in [-0.4, -0.2) is 21.4 Å². The summed E-state index contributed by atoms with van der Waals surface area (Å²) >= 11 is 1.31. The maximum atomic E-state index is 12.5. The highest BCUT2D eigenvalue weighted by atomic mass is 32.1. The van der Waals surface area contributed by atoms with Gasteiger partial charge in [-0.25, -0.2) is 4.98 Å². The van der Waals surface area contributed by atoms with Gasteiger partial charge in [-0.05, 0) is 24.3 Å². The number of fused-ring (bicyclic) bond motifs is 3. The van der Waals surface area contributed by atoms with Gasteiger partial charge >= 0.3 is 0 Å². The van der Waals surface area contributed by atoms with Gasteiger partial charge in [-0.15, -0.1) is 5.10 Å². The predicted octanol–water partition coefficient (Wildman–Crippen LogP) is 2.78. The Morgan fingerprint density at radius 2 is 2.00 bits per heavy atom. The largest absolute Gasteiger partial charge is 0.454 e. The fraction of sp³-hybridized carbons (Fsp3) is 0.0625. The summed E-state index contributed by atoms with van der Waals surface area (Å²) in [5.41, 5.74) is 1.29. The number of ether oxygens (including phenoxy) is 2. The normalized spacial score (nSPS) is 12.8. The molecule has 0 fully saturated rings. The molecule has 0 atom stereocenters. The maximum absolute atomic E-state index is 12.5. The van der Waals surface area contributed by atoms with Crippen LogP contribution in [0.5, 0.6) is 11.5 Å². The van der Waals surface area contributed by atoms with E-state index >= 15 is 0 Å². The van der Waals surface area contributed by atoms with Gasteiger partial charge in [0.05, 0.1) is 10.9 Å². The lowest BCUT2D eigenvalue weighted by atomic mass is 10.2. The molecule has 0 saturated carbocycles. The topological polar surface area (TPSA) is 77.8 Å². The first-order chi connectivity index (χ1) is 11.8. The predicted molar refractivity (Wildman–Crippen MR) is 90.5 cm³/mol. The molecular formula is C16H10N4O3S. The molecular weight excluding hydrogens is 328 g/mol. The third-order valence-electron chi connectivity index (χ3n) is 3.73. The fourth-order valence-corrected chi connectivity index (χ4v) is 3.42. The van der Waals surface area contributed by atoms with Crippen molar-refractivity contribution in [3.63, 3.8) is 0 Å². The summed E-state index contributed by atoms with van der Waals surface area (Å²) < 4.78 is 12.0. The summed E-state index contributed by atoms with van der Waals surface area (Å²) in [6.07, 6.45) is 0. The third kappa shape index (κ3) is 2.00. The molecule has 2 aromatic carbocycles. The summed E-state index contributed by atoms with van der Waals surface area (Å²) in [6.45, 7) is 0.228. The van der Waals surface area contributed by atoms with Crippen LogP contribution in [0.2, 0.25) is 0 Å². The number of hydrogen-bond acceptors (Lipinski definition) is 7. The number of hydrogen-bond donors (Lipinski definition) is 1. The van der Waals surface area contributed by atoms with E-state index in [2.05, 4.69) is 15.4 Å². The Kier molecular flexibility index (Phi) is 2.74. The summed E-state index contributed by atoms with van der Waals surface area (Å²) in [5, 5.41) is 8.63. The Morgan fingerprint density at radius 1 is 1.12 bits per heavy atom. The number of rotatable bonds is 2. The minimum absolute atomic E-state index is 0.175. The van der Waals surface area contributed by atoms with Crippen LogP contribution in [0.1, 0.15) is 0 Å². The molecule has 24 heavy (non-hydrogen) atoms. The number of nitrogens with zero attached hydrogens (tertiary/aromatic N) is 3. The molecule has 1 aliphatic rings. The summed E-state index contributed by atoms with van der Waals surface area (Å²) in [6, 6.07) is 12.8. The van der Waals surface area contributed by atoms with Gasteiger partial charge in [-0.3, -0.25) is 4.79 Å². The zero-order chi connectivity index (χ0) is 16.1. The van der Waals surface area contributed by atoms with Gasteiger partial charge in [-0.2, -0.15) is 4.52 Å². The molecule has 1 aliphatic heterocycles. The molecule has 7 nitrogen and oxygen atoms in total. The van der Waals surface area contributed by atoms with Crippen LogP contribution in [0, 0.1) is 0 Å². The van der Waals surface area contributed by atoms with Crippen molar-refractivity contribution < 1.29 is 9.47 Å². The lowest BCUT2D eigenvalue weighted by Gasteiger charge is -2.02. The molecule has 5 rings (SSSR count). The van der Waals surface area contributed by atoms with Gasteiger partial charge in [0, 0.05) is 11.8 Å². The zero-order valence-corrected chi connectivity index (χ0v) is 13.0. The first-order valence-corrected chi connectivity index (χ1v) is 8.05. The SMILES string of the molecule is O=c1c2ccccc2nc2sc(Nc3ccc4c(c3)OCO4)nn12. The second-order valence-electron chi connectivity index (χ2n) is 5.23. The van der Waals surface area contributed by atoms with Crippen molar-refractivity contribution in [2.24, 2.45) is 0 Å². The first kappa shape index (κ1) is 13.3. The molecule has 3 heterocycles. The van der Waals surface area contributed by atoms with Crippen molar-refractivity contribution >= 4 is 38.0 Å². The molecule has 0 saturated heterocycles. The zero-order valence-electron chi connectivity index (χ0n) is 12.2. The second kappa shape index (κ2) is 4.93. The van der Waals surface area contributed by atoms with Crippen molar-refractivity contribution in [1.82, 2.24) is 14.6 Å². The molecule has 0 unspecified atom stereocenters. The maximum Gasteiger partial charge on any atom is 0.283 e. The number of anilines is 2. The van der Waals surface area contributed by atoms with Gasteiger partial charge in [0.15, 0.2) is 11.5 Å². The molecule has 2 aromatic heterocycles. The quantitative estimate of drug-likeness (QED) is 0.605. The number of aromatic nitrogens is 3. The van der Waals surface area contributed by atoms with Gasteiger partial charge in [0.25, 0.3) is 5.56 Å². The highest BCUT2D eigenvalue weighted by Gasteiger charge is 2.15. The summed E-state index contributed by atoms with van der Waals surface area (Å²) in [4.78, 5) is 17.5. The molecule has 0 spiro atoms. The van der Waals surface area contributed by atoms with Crippen LogP contribution in [0.4, 0.5) is 10.8 Å². The van der Waals surface area contributed by atoms with Crippen LogP contribution in [0.3, 0.4) is 0 Å². The van der Waals surface area contributed by atoms with E-state index in [0.717, 1.165) is 5.69 Å². The van der Waals surface area contributed by atoms with E-state index in [1.165, 1.54) is 15.9 Å². The van der Waals surface area contributed by atoms with Crippen LogP contribution in [0.25, 0.3) is 15.9 Å². The van der Waals surface area contributed by atoms with E-state index < -0.39 is 0 Å². The van der Waals surface area contributed by atoms with Crippen molar-refractivity contribution in [3.8, 4) is 11.5 Å². The summed E-state index contributed by atoms with van der Waals surface area (Å²) in [5.74, 6) is 1.40. The van der Waals surface area contributed by atoms with Crippen molar-refractivity contribution in [2.75, 3.05) is 12.1 Å². The van der Waals surface area contributed by atoms with Crippen LogP contribution in [0.15, 0.2) is 47.3 Å². The van der Waals surface area contributed by atoms with Crippen molar-refractivity contribution in [3.05, 3.63) is 52.8 Å². The number of benzene rings is 2. The van der Waals surface area contributed by atoms with E-state index in [9.17, 15) is 4.79 Å². The monoisotopic (exact) mass is 338 g/mol. The Morgan fingerprint density at radius 3 is 2.96 bits per heavy atom. The van der Waals surface area contributed by atoms with E-state index in [-0.39, 0.29) is 12.4 Å². The Hall–Kier alpha value is -3.13. The lowest BCUT2D eigenvalue weighted by Crippen LogP contribution is -2.15. The highest BCUT2D eigenvalue weighted by Crippen LogP contribution is 2.35. The Balaban J connectivity index is 1.59. The molecule has 0 radical (unpaired) electrons. The fourth-order valence-electron chi connectivity index (χ4n) is 2.60. The average Bonchev–Trinajstić information content (AvgIpc) is 3.21. The van der Waals surface area contributed by atoms with Gasteiger partial charge in [0.2, 0.25) is 16.9 Å². The second-order valence-corrected chi connectivity index (χ2v) is 6.18. The molecule has 4 aromatic rings. The number of nitrogens with one attached hydrogen (secondary N) is 1. The Bertz CT molecular complexity index is 1150. The van der Waals surface area contributed by atoms with E-state index in [1.54, 1.807) is 6.07 Å². The first-order valence-electron chi connectivity index (χ1n) is 7.23.